The molecule has 0 radical (unpaired) electrons. The molecule has 0 bridgehead atoms. The Morgan fingerprint density at radius 2 is 1.97 bits per heavy atom. The average molecular weight is 519 g/mol. The van der Waals surface area contributed by atoms with Gasteiger partial charge >= 0.3 is 0 Å². The molecule has 9 nitrogen and oxygen atoms in total. The summed E-state index contributed by atoms with van der Waals surface area (Å²) in [5.41, 5.74) is 4.87. The quantitative estimate of drug-likeness (QED) is 0.332. The highest BCUT2D eigenvalue weighted by Crippen LogP contribution is 2.36. The smallest absolute Gasteiger partial charge is 0.247 e. The molecule has 37 heavy (non-hydrogen) atoms. The lowest BCUT2D eigenvalue weighted by molar-refractivity contribution is -0.111. The number of nitrogens with zero attached hydrogens (tertiary/aromatic N) is 4. The Morgan fingerprint density at radius 3 is 2.73 bits per heavy atom. The summed E-state index contributed by atoms with van der Waals surface area (Å²) in [6, 6.07) is 11.6. The summed E-state index contributed by atoms with van der Waals surface area (Å²) in [6.07, 6.45) is 4.78. The molecule has 0 spiro atoms. The van der Waals surface area contributed by atoms with E-state index in [2.05, 4.69) is 27.1 Å². The van der Waals surface area contributed by atoms with Crippen LogP contribution in [0, 0.1) is 0 Å². The monoisotopic (exact) mass is 518 g/mol. The third-order valence-corrected chi connectivity index (χ3v) is 6.51. The molecule has 3 heterocycles. The van der Waals surface area contributed by atoms with E-state index in [0.29, 0.717) is 35.6 Å². The zero-order valence-electron chi connectivity index (χ0n) is 20.6. The minimum atomic E-state index is -0.266. The number of aryl methyl sites for hydroxylation is 1. The van der Waals surface area contributed by atoms with Crippen molar-refractivity contribution < 1.29 is 14.3 Å². The molecule has 1 fully saturated rings. The maximum absolute atomic E-state index is 11.7. The lowest BCUT2D eigenvalue weighted by atomic mass is 10.1. The summed E-state index contributed by atoms with van der Waals surface area (Å²) in [6.45, 7) is 6.53. The van der Waals surface area contributed by atoms with Gasteiger partial charge in [-0.15, -0.1) is 0 Å². The molecule has 1 amide bonds. The molecule has 2 aromatic heterocycles. The van der Waals surface area contributed by atoms with Crippen molar-refractivity contribution in [1.29, 1.82) is 0 Å². The van der Waals surface area contributed by atoms with Crippen LogP contribution >= 0.6 is 11.6 Å². The molecule has 2 aromatic carbocycles. The molecule has 190 valence electrons. The first-order valence-corrected chi connectivity index (χ1v) is 12.2. The summed E-state index contributed by atoms with van der Waals surface area (Å²) in [7, 11) is 3.59. The van der Waals surface area contributed by atoms with Crippen molar-refractivity contribution in [3.8, 4) is 17.0 Å². The van der Waals surface area contributed by atoms with Crippen molar-refractivity contribution in [2.45, 2.75) is 0 Å². The number of methoxy groups -OCH3 is 1. The first-order chi connectivity index (χ1) is 18.0. The van der Waals surface area contributed by atoms with Gasteiger partial charge in [-0.25, -0.2) is 9.97 Å². The molecule has 4 aromatic rings. The number of amides is 1. The number of halogens is 1. The molecule has 0 atom stereocenters. The van der Waals surface area contributed by atoms with E-state index in [9.17, 15) is 4.79 Å². The second kappa shape index (κ2) is 10.5. The first kappa shape index (κ1) is 24.6. The van der Waals surface area contributed by atoms with Crippen LogP contribution in [0.3, 0.4) is 0 Å². The minimum absolute atomic E-state index is 0.266. The fourth-order valence-electron chi connectivity index (χ4n) is 4.41. The lowest BCUT2D eigenvalue weighted by Crippen LogP contribution is -2.36. The molecule has 10 heteroatoms. The van der Waals surface area contributed by atoms with Crippen molar-refractivity contribution in [2.24, 2.45) is 7.05 Å². The summed E-state index contributed by atoms with van der Waals surface area (Å²) in [4.78, 5) is 23.1. The lowest BCUT2D eigenvalue weighted by Gasteiger charge is -2.30. The van der Waals surface area contributed by atoms with E-state index in [1.54, 1.807) is 13.3 Å². The molecule has 5 rings (SSSR count). The third kappa shape index (κ3) is 5.09. The van der Waals surface area contributed by atoms with Gasteiger partial charge in [0.1, 0.15) is 5.75 Å². The fraction of sp³-hybridized carbons (Fsp3) is 0.222. The van der Waals surface area contributed by atoms with E-state index in [0.717, 1.165) is 46.7 Å². The van der Waals surface area contributed by atoms with Gasteiger partial charge in [0.2, 0.25) is 11.9 Å². The molecule has 0 saturated carbocycles. The van der Waals surface area contributed by atoms with Crippen molar-refractivity contribution in [1.82, 2.24) is 14.5 Å². The van der Waals surface area contributed by atoms with Gasteiger partial charge in [-0.1, -0.05) is 24.2 Å². The number of ether oxygens (including phenoxy) is 2. The van der Waals surface area contributed by atoms with E-state index in [-0.39, 0.29) is 5.91 Å². The Bertz CT molecular complexity index is 1480. The van der Waals surface area contributed by atoms with Crippen LogP contribution in [0.25, 0.3) is 22.2 Å². The molecular formula is C27H27ClN6O3. The van der Waals surface area contributed by atoms with Gasteiger partial charge in [0, 0.05) is 54.7 Å². The number of nitrogens with one attached hydrogen (secondary N) is 2. The zero-order chi connectivity index (χ0) is 25.9. The Labute approximate surface area is 219 Å². The van der Waals surface area contributed by atoms with Crippen LogP contribution in [0.5, 0.6) is 5.75 Å². The van der Waals surface area contributed by atoms with Gasteiger partial charge in [0.15, 0.2) is 0 Å². The highest BCUT2D eigenvalue weighted by molar-refractivity contribution is 6.33. The molecule has 0 unspecified atom stereocenters. The predicted molar refractivity (Wildman–Crippen MR) is 147 cm³/mol. The fourth-order valence-corrected chi connectivity index (χ4v) is 4.60. The second-order valence-corrected chi connectivity index (χ2v) is 8.99. The molecule has 1 saturated heterocycles. The van der Waals surface area contributed by atoms with Crippen LogP contribution in [0.4, 0.5) is 23.0 Å². The number of carbonyl (C=O) groups is 1. The number of anilines is 4. The molecule has 1 aliphatic rings. The van der Waals surface area contributed by atoms with Crippen LogP contribution in [0.2, 0.25) is 5.02 Å². The van der Waals surface area contributed by atoms with Crippen molar-refractivity contribution in [3.63, 3.8) is 0 Å². The summed E-state index contributed by atoms with van der Waals surface area (Å²) in [5, 5.41) is 7.44. The number of aromatic nitrogens is 3. The molecular weight excluding hydrogens is 492 g/mol. The standard InChI is InChI=1S/C27H27ClN6O3/c1-4-25(35)30-17-5-7-19-20(16-33(2)23(19)13-17)26-21(28)15-29-27(32-26)31-18-6-8-22(24(14-18)36-3)34-9-11-37-12-10-34/h4-8,13-16H,1,9-12H2,2-3H3,(H,30,35)(H,29,31,32). The van der Waals surface area contributed by atoms with Crippen LogP contribution in [0.15, 0.2) is 61.4 Å². The normalized spacial score (nSPS) is 13.4. The molecule has 1 aliphatic heterocycles. The predicted octanol–water partition coefficient (Wildman–Crippen LogP) is 5.00. The van der Waals surface area contributed by atoms with E-state index in [4.69, 9.17) is 26.1 Å². The SMILES string of the molecule is C=CC(=O)Nc1ccc2c(-c3nc(Nc4ccc(N5CCOCC5)c(OC)c4)ncc3Cl)cn(C)c2c1. The highest BCUT2D eigenvalue weighted by atomic mass is 35.5. The Balaban J connectivity index is 1.44. The van der Waals surface area contributed by atoms with E-state index < -0.39 is 0 Å². The van der Waals surface area contributed by atoms with Crippen LogP contribution < -0.4 is 20.3 Å². The Kier molecular flexibility index (Phi) is 6.98. The van der Waals surface area contributed by atoms with Crippen molar-refractivity contribution >= 4 is 51.4 Å². The topological polar surface area (TPSA) is 93.5 Å². The number of hydrogen-bond acceptors (Lipinski definition) is 7. The molecule has 0 aliphatic carbocycles. The Morgan fingerprint density at radius 1 is 1.19 bits per heavy atom. The number of fused-ring (bicyclic) bond motifs is 1. The van der Waals surface area contributed by atoms with Gasteiger partial charge in [0.25, 0.3) is 0 Å². The van der Waals surface area contributed by atoms with Gasteiger partial charge < -0.3 is 29.6 Å². The van der Waals surface area contributed by atoms with E-state index in [1.165, 1.54) is 6.08 Å². The number of rotatable bonds is 7. The highest BCUT2D eigenvalue weighted by Gasteiger charge is 2.18. The van der Waals surface area contributed by atoms with Crippen LogP contribution in [-0.4, -0.2) is 53.9 Å². The van der Waals surface area contributed by atoms with Gasteiger partial charge in [-0.2, -0.15) is 0 Å². The van der Waals surface area contributed by atoms with E-state index in [1.807, 2.05) is 54.2 Å². The number of benzene rings is 2. The summed E-state index contributed by atoms with van der Waals surface area (Å²) >= 11 is 6.55. The average Bonchev–Trinajstić information content (AvgIpc) is 3.25. The first-order valence-electron chi connectivity index (χ1n) is 11.8. The summed E-state index contributed by atoms with van der Waals surface area (Å²) in [5.74, 6) is 0.903. The number of carbonyl (C=O) groups excluding carboxylic acids is 1. The van der Waals surface area contributed by atoms with Crippen molar-refractivity contribution in [3.05, 3.63) is 66.5 Å². The maximum Gasteiger partial charge on any atom is 0.247 e. The maximum atomic E-state index is 11.7. The number of morpholine rings is 1. The van der Waals surface area contributed by atoms with Crippen LogP contribution in [0.1, 0.15) is 0 Å². The second-order valence-electron chi connectivity index (χ2n) is 8.58. The van der Waals surface area contributed by atoms with Crippen LogP contribution in [-0.2, 0) is 16.6 Å². The summed E-state index contributed by atoms with van der Waals surface area (Å²) < 4.78 is 13.1. The van der Waals surface area contributed by atoms with Gasteiger partial charge in [-0.05, 0) is 30.3 Å². The molecule has 2 N–H and O–H groups in total. The Hall–Kier alpha value is -4.08. The van der Waals surface area contributed by atoms with Crippen molar-refractivity contribution in [2.75, 3.05) is 48.9 Å². The van der Waals surface area contributed by atoms with Gasteiger partial charge in [0.05, 0.1) is 48.4 Å². The number of hydrogen-bond donors (Lipinski definition) is 2. The van der Waals surface area contributed by atoms with E-state index >= 15 is 0 Å². The minimum Gasteiger partial charge on any atom is -0.495 e. The third-order valence-electron chi connectivity index (χ3n) is 6.23. The van der Waals surface area contributed by atoms with Gasteiger partial charge in [-0.3, -0.25) is 4.79 Å². The largest absolute Gasteiger partial charge is 0.495 e. The zero-order valence-corrected chi connectivity index (χ0v) is 21.4.